The molecule has 0 aromatic carbocycles. The van der Waals surface area contributed by atoms with Crippen LogP contribution in [0.25, 0.3) is 0 Å². The summed E-state index contributed by atoms with van der Waals surface area (Å²) >= 11 is 0. The van der Waals surface area contributed by atoms with Crippen LogP contribution in [0.5, 0.6) is 0 Å². The van der Waals surface area contributed by atoms with Crippen LogP contribution in [-0.2, 0) is 16.1 Å². The van der Waals surface area contributed by atoms with Crippen LogP contribution in [0.15, 0.2) is 12.1 Å². The normalized spacial score (nSPS) is 16.1. The molecule has 1 aromatic heterocycles. The SMILES string of the molecule is Cc1cc(CNC(=O)C2(C(=O)O)CC2)cc(C)n1. The predicted octanol–water partition coefficient (Wildman–Crippen LogP) is 1.18. The molecule has 2 N–H and O–H groups in total. The van der Waals surface area contributed by atoms with Crippen LogP contribution < -0.4 is 5.32 Å². The maximum Gasteiger partial charge on any atom is 0.319 e. The molecule has 1 aromatic rings. The van der Waals surface area contributed by atoms with E-state index in [4.69, 9.17) is 5.11 Å². The second-order valence-electron chi connectivity index (χ2n) is 4.83. The van der Waals surface area contributed by atoms with Gasteiger partial charge in [0.25, 0.3) is 0 Å². The third kappa shape index (κ3) is 2.34. The lowest BCUT2D eigenvalue weighted by Crippen LogP contribution is -2.36. The van der Waals surface area contributed by atoms with E-state index in [1.165, 1.54) is 0 Å². The maximum atomic E-state index is 11.8. The van der Waals surface area contributed by atoms with E-state index in [9.17, 15) is 9.59 Å². The van der Waals surface area contributed by atoms with Gasteiger partial charge in [0.1, 0.15) is 5.41 Å². The monoisotopic (exact) mass is 248 g/mol. The van der Waals surface area contributed by atoms with Crippen molar-refractivity contribution in [1.82, 2.24) is 10.3 Å². The van der Waals surface area contributed by atoms with Crippen LogP contribution in [0.1, 0.15) is 29.8 Å². The van der Waals surface area contributed by atoms with Crippen molar-refractivity contribution in [2.24, 2.45) is 5.41 Å². The quantitative estimate of drug-likeness (QED) is 0.784. The highest BCUT2D eigenvalue weighted by Gasteiger charge is 2.56. The van der Waals surface area contributed by atoms with Crippen LogP contribution in [0.4, 0.5) is 0 Å². The Morgan fingerprint density at radius 1 is 1.33 bits per heavy atom. The van der Waals surface area contributed by atoms with Gasteiger partial charge in [0.05, 0.1) is 0 Å². The number of aryl methyl sites for hydroxylation is 2. The second kappa shape index (κ2) is 4.40. The van der Waals surface area contributed by atoms with Gasteiger partial charge in [0, 0.05) is 17.9 Å². The van der Waals surface area contributed by atoms with Crippen LogP contribution in [0.3, 0.4) is 0 Å². The van der Waals surface area contributed by atoms with Gasteiger partial charge >= 0.3 is 5.97 Å². The van der Waals surface area contributed by atoms with Gasteiger partial charge in [-0.15, -0.1) is 0 Å². The van der Waals surface area contributed by atoms with Crippen molar-refractivity contribution in [1.29, 1.82) is 0 Å². The molecule has 0 aliphatic heterocycles. The van der Waals surface area contributed by atoms with Gasteiger partial charge in [0.2, 0.25) is 5.91 Å². The average molecular weight is 248 g/mol. The number of amides is 1. The number of pyridine rings is 1. The second-order valence-corrected chi connectivity index (χ2v) is 4.83. The van der Waals surface area contributed by atoms with Crippen LogP contribution in [0, 0.1) is 19.3 Å². The largest absolute Gasteiger partial charge is 0.480 e. The Hall–Kier alpha value is -1.91. The highest BCUT2D eigenvalue weighted by molar-refractivity contribution is 6.04. The number of rotatable bonds is 4. The number of carboxylic acids is 1. The van der Waals surface area contributed by atoms with E-state index in [1.54, 1.807) is 0 Å². The third-order valence-electron chi connectivity index (χ3n) is 3.19. The molecule has 0 spiro atoms. The summed E-state index contributed by atoms with van der Waals surface area (Å²) in [5, 5.41) is 11.7. The van der Waals surface area contributed by atoms with Crippen LogP contribution in [-0.4, -0.2) is 22.0 Å². The molecule has 0 bridgehead atoms. The molecule has 0 atom stereocenters. The molecule has 1 aliphatic carbocycles. The number of hydrogen-bond donors (Lipinski definition) is 2. The van der Waals surface area contributed by atoms with E-state index in [1.807, 2.05) is 26.0 Å². The minimum absolute atomic E-state index is 0.345. The molecular formula is C13H16N2O3. The molecule has 0 saturated heterocycles. The molecule has 1 fully saturated rings. The number of hydrogen-bond acceptors (Lipinski definition) is 3. The molecule has 0 unspecified atom stereocenters. The third-order valence-corrected chi connectivity index (χ3v) is 3.19. The van der Waals surface area contributed by atoms with Crippen molar-refractivity contribution in [3.63, 3.8) is 0 Å². The van der Waals surface area contributed by atoms with Crippen molar-refractivity contribution in [3.8, 4) is 0 Å². The Balaban J connectivity index is 2.00. The Morgan fingerprint density at radius 3 is 2.33 bits per heavy atom. The summed E-state index contributed by atoms with van der Waals surface area (Å²) in [6, 6.07) is 3.77. The molecule has 18 heavy (non-hydrogen) atoms. The minimum Gasteiger partial charge on any atom is -0.480 e. The summed E-state index contributed by atoms with van der Waals surface area (Å²) in [5.74, 6) is -1.41. The lowest BCUT2D eigenvalue weighted by Gasteiger charge is -2.11. The Bertz CT molecular complexity index is 487. The summed E-state index contributed by atoms with van der Waals surface area (Å²) in [4.78, 5) is 27.0. The number of carbonyl (C=O) groups excluding carboxylic acids is 1. The van der Waals surface area contributed by atoms with Gasteiger partial charge in [-0.05, 0) is 44.4 Å². The first-order valence-electron chi connectivity index (χ1n) is 5.90. The van der Waals surface area contributed by atoms with Gasteiger partial charge in [-0.3, -0.25) is 14.6 Å². The lowest BCUT2D eigenvalue weighted by atomic mass is 10.1. The fourth-order valence-electron chi connectivity index (χ4n) is 2.04. The molecule has 96 valence electrons. The van der Waals surface area contributed by atoms with E-state index in [2.05, 4.69) is 10.3 Å². The van der Waals surface area contributed by atoms with Crippen molar-refractivity contribution in [3.05, 3.63) is 29.1 Å². The van der Waals surface area contributed by atoms with Crippen LogP contribution in [0.2, 0.25) is 0 Å². The smallest absolute Gasteiger partial charge is 0.319 e. The molecule has 0 radical (unpaired) electrons. The van der Waals surface area contributed by atoms with E-state index in [0.29, 0.717) is 19.4 Å². The standard InChI is InChI=1S/C13H16N2O3/c1-8-5-10(6-9(2)15-8)7-14-11(16)13(3-4-13)12(17)18/h5-6H,3-4,7H2,1-2H3,(H,14,16)(H,17,18). The van der Waals surface area contributed by atoms with Gasteiger partial charge in [0.15, 0.2) is 0 Å². The van der Waals surface area contributed by atoms with E-state index in [0.717, 1.165) is 17.0 Å². The number of nitrogens with one attached hydrogen (secondary N) is 1. The van der Waals surface area contributed by atoms with Gasteiger partial charge < -0.3 is 10.4 Å². The molecule has 1 heterocycles. The summed E-state index contributed by atoms with van der Waals surface area (Å²) < 4.78 is 0. The molecule has 1 aliphatic rings. The lowest BCUT2D eigenvalue weighted by molar-refractivity contribution is -0.149. The minimum atomic E-state index is -1.17. The zero-order chi connectivity index (χ0) is 13.3. The Morgan fingerprint density at radius 2 is 1.89 bits per heavy atom. The van der Waals surface area contributed by atoms with Crippen molar-refractivity contribution in [2.75, 3.05) is 0 Å². The first kappa shape index (κ1) is 12.5. The highest BCUT2D eigenvalue weighted by atomic mass is 16.4. The molecule has 5 heteroatoms. The zero-order valence-electron chi connectivity index (χ0n) is 10.5. The summed E-state index contributed by atoms with van der Waals surface area (Å²) in [7, 11) is 0. The molecule has 1 amide bonds. The number of aromatic nitrogens is 1. The molecule has 5 nitrogen and oxygen atoms in total. The number of aliphatic carboxylic acids is 1. The first-order chi connectivity index (χ1) is 8.44. The molecule has 2 rings (SSSR count). The summed E-state index contributed by atoms with van der Waals surface area (Å²) in [6.07, 6.45) is 0.866. The number of carbonyl (C=O) groups is 2. The van der Waals surface area contributed by atoms with E-state index < -0.39 is 11.4 Å². The fraction of sp³-hybridized carbons (Fsp3) is 0.462. The number of carboxylic acid groups (broad SMARTS) is 1. The van der Waals surface area contributed by atoms with Crippen LogP contribution >= 0.6 is 0 Å². The van der Waals surface area contributed by atoms with Gasteiger partial charge in [-0.2, -0.15) is 0 Å². The average Bonchev–Trinajstić information content (AvgIpc) is 3.05. The van der Waals surface area contributed by atoms with E-state index >= 15 is 0 Å². The van der Waals surface area contributed by atoms with Crippen molar-refractivity contribution < 1.29 is 14.7 Å². The first-order valence-corrected chi connectivity index (χ1v) is 5.90. The van der Waals surface area contributed by atoms with Crippen molar-refractivity contribution >= 4 is 11.9 Å². The molecule has 1 saturated carbocycles. The summed E-state index contributed by atoms with van der Waals surface area (Å²) in [5.41, 5.74) is 1.55. The molecular weight excluding hydrogens is 232 g/mol. The topological polar surface area (TPSA) is 79.3 Å². The Kier molecular flexibility index (Phi) is 3.07. The number of nitrogens with zero attached hydrogens (tertiary/aromatic N) is 1. The zero-order valence-corrected chi connectivity index (χ0v) is 10.5. The highest BCUT2D eigenvalue weighted by Crippen LogP contribution is 2.46. The van der Waals surface area contributed by atoms with Gasteiger partial charge in [-0.1, -0.05) is 0 Å². The van der Waals surface area contributed by atoms with Crippen molar-refractivity contribution in [2.45, 2.75) is 33.2 Å². The van der Waals surface area contributed by atoms with Gasteiger partial charge in [-0.25, -0.2) is 0 Å². The van der Waals surface area contributed by atoms with E-state index in [-0.39, 0.29) is 5.91 Å². The predicted molar refractivity (Wildman–Crippen MR) is 64.9 cm³/mol. The maximum absolute atomic E-state index is 11.8. The summed E-state index contributed by atoms with van der Waals surface area (Å²) in [6.45, 7) is 4.12. The fourth-order valence-corrected chi connectivity index (χ4v) is 2.04. The Labute approximate surface area is 105 Å².